The zero-order valence-corrected chi connectivity index (χ0v) is 12.2. The van der Waals surface area contributed by atoms with E-state index in [1.807, 2.05) is 6.92 Å². The SMILES string of the molecule is CCC1CC[N-]C1=O.[Rf]. The average Bonchev–Trinajstić information content (AvgIpc) is 2.14. The third-order valence-electron chi connectivity index (χ3n) is 1.59. The van der Waals surface area contributed by atoms with Crippen LogP contribution >= 0.6 is 0 Å². The number of hydrogen-bond acceptors (Lipinski definition) is 1. The Hall–Kier alpha value is -1.53. The number of nitrogens with zero attached hydrogens (tertiary/aromatic N) is 1. The third-order valence-corrected chi connectivity index (χ3v) is 1.59. The van der Waals surface area contributed by atoms with Gasteiger partial charge in [0.05, 0.1) is 5.91 Å². The van der Waals surface area contributed by atoms with E-state index < -0.39 is 0 Å². The number of rotatable bonds is 1. The molecule has 0 radical (unpaired) electrons. The average molecular weight is 379 g/mol. The molecule has 1 saturated heterocycles. The van der Waals surface area contributed by atoms with E-state index in [0.29, 0.717) is 0 Å². The molecule has 0 aromatic carbocycles. The van der Waals surface area contributed by atoms with Gasteiger partial charge in [-0.2, -0.15) is 0 Å². The summed E-state index contributed by atoms with van der Waals surface area (Å²) in [4.78, 5) is 10.6. The zero-order valence-electron chi connectivity index (χ0n) is 5.76. The van der Waals surface area contributed by atoms with Gasteiger partial charge in [-0.05, 0) is 12.3 Å². The molecule has 0 N–H and O–H groups in total. The molecule has 0 saturated carbocycles. The molecule has 1 heterocycles. The monoisotopic (exact) mass is 379 g/mol. The molecule has 0 bridgehead atoms. The van der Waals surface area contributed by atoms with E-state index in [4.69, 9.17) is 0 Å². The van der Waals surface area contributed by atoms with Crippen molar-refractivity contribution in [2.24, 2.45) is 5.92 Å². The fraction of sp³-hybridized carbons (Fsp3) is 0.833. The Balaban J connectivity index is 0.000000640. The first kappa shape index (κ1) is 7.47. The molecule has 1 rings (SSSR count). The Labute approximate surface area is 49.3 Å². The topological polar surface area (TPSA) is 31.2 Å². The van der Waals surface area contributed by atoms with Crippen LogP contribution in [0.4, 0.5) is 0 Å². The van der Waals surface area contributed by atoms with Crippen molar-refractivity contribution in [2.75, 3.05) is 6.54 Å². The Morgan fingerprint density at radius 3 is 2.67 bits per heavy atom. The summed E-state index contributed by atoms with van der Waals surface area (Å²) in [6.45, 7) is 2.79. The van der Waals surface area contributed by atoms with E-state index in [1.165, 1.54) is 0 Å². The Morgan fingerprint density at radius 1 is 1.78 bits per heavy atom. The van der Waals surface area contributed by atoms with Crippen molar-refractivity contribution in [1.82, 2.24) is 0 Å². The molecule has 1 atom stereocenters. The maximum absolute atomic E-state index is 10.6. The Bertz CT molecular complexity index is 105. The van der Waals surface area contributed by atoms with E-state index in [0.717, 1.165) is 19.4 Å². The predicted octanol–water partition coefficient (Wildman–Crippen LogP) is 1.32. The maximum atomic E-state index is 10.6. The van der Waals surface area contributed by atoms with E-state index >= 15 is 0 Å². The summed E-state index contributed by atoms with van der Waals surface area (Å²) in [5.74, 6) is 0.377. The van der Waals surface area contributed by atoms with Crippen LogP contribution in [0.2, 0.25) is 0 Å². The first-order valence-corrected chi connectivity index (χ1v) is 3.06. The van der Waals surface area contributed by atoms with Crippen LogP contribution in [0.15, 0.2) is 0 Å². The van der Waals surface area contributed by atoms with Gasteiger partial charge in [0.2, 0.25) is 0 Å². The van der Waals surface area contributed by atoms with Crippen LogP contribution < -0.4 is 0 Å². The number of carbonyl (C=O) groups is 1. The summed E-state index contributed by atoms with van der Waals surface area (Å²) in [7, 11) is 0. The van der Waals surface area contributed by atoms with Crippen molar-refractivity contribution in [3.63, 3.8) is 0 Å². The molecule has 1 aliphatic rings. The normalized spacial score (nSPS) is 25.0. The van der Waals surface area contributed by atoms with Gasteiger partial charge in [0, 0.05) is 0 Å². The summed E-state index contributed by atoms with van der Waals surface area (Å²) in [6, 6.07) is 0. The summed E-state index contributed by atoms with van der Waals surface area (Å²) in [5.41, 5.74) is 0. The molecule has 0 aliphatic carbocycles. The minimum atomic E-state index is 0. The van der Waals surface area contributed by atoms with Crippen LogP contribution in [-0.2, 0) is 4.79 Å². The first-order chi connectivity index (χ1) is 3.84. The minimum Gasteiger partial charge on any atom is -0.653 e. The summed E-state index contributed by atoms with van der Waals surface area (Å²) in [5, 5.41) is 3.75. The standard InChI is InChI=1S/C6H11NO.Rf/c1-2-5-3-4-7-6(5)8;/h5H,2-4H2,1H3,(H,7,8);/p-1. The maximum Gasteiger partial charge on any atom is 0.0542 e. The third kappa shape index (κ3) is 1.18. The van der Waals surface area contributed by atoms with Gasteiger partial charge in [-0.1, -0.05) is 13.3 Å². The second kappa shape index (κ2) is 2.70. The summed E-state index contributed by atoms with van der Waals surface area (Å²) < 4.78 is 0. The second-order valence-electron chi connectivity index (χ2n) is 2.11. The number of carbonyl (C=O) groups excluding carboxylic acids is 1. The first-order valence-electron chi connectivity index (χ1n) is 3.06. The quantitative estimate of drug-likeness (QED) is 0.676. The molecule has 1 aliphatic heterocycles. The molecular formula is C6H10NORf-. The molecular weight excluding hydrogens is 369 g/mol. The van der Waals surface area contributed by atoms with Crippen molar-refractivity contribution in [1.29, 1.82) is 0 Å². The summed E-state index contributed by atoms with van der Waals surface area (Å²) >= 11 is 0. The molecule has 1 unspecified atom stereocenters. The molecule has 0 aromatic rings. The summed E-state index contributed by atoms with van der Waals surface area (Å²) in [6.07, 6.45) is 1.94. The number of amides is 1. The van der Waals surface area contributed by atoms with Gasteiger partial charge in [-0.15, -0.1) is 6.54 Å². The minimum absolute atomic E-state index is 0. The van der Waals surface area contributed by atoms with Crippen molar-refractivity contribution < 1.29 is 4.79 Å². The van der Waals surface area contributed by atoms with Crippen molar-refractivity contribution >= 4 is 5.91 Å². The van der Waals surface area contributed by atoms with Crippen molar-refractivity contribution in [3.05, 3.63) is 5.32 Å². The van der Waals surface area contributed by atoms with Crippen LogP contribution in [0.3, 0.4) is 0 Å². The van der Waals surface area contributed by atoms with Crippen molar-refractivity contribution in [2.45, 2.75) is 19.8 Å². The van der Waals surface area contributed by atoms with Crippen molar-refractivity contribution in [3.8, 4) is 0 Å². The van der Waals surface area contributed by atoms with Gasteiger partial charge < -0.3 is 10.1 Å². The van der Waals surface area contributed by atoms with Gasteiger partial charge in [0.25, 0.3) is 0 Å². The fourth-order valence-corrected chi connectivity index (χ4v) is 0.962. The Morgan fingerprint density at radius 2 is 2.44 bits per heavy atom. The van der Waals surface area contributed by atoms with E-state index in [9.17, 15) is 4.79 Å². The molecule has 1 fully saturated rings. The second-order valence-corrected chi connectivity index (χ2v) is 2.11. The molecule has 48 valence electrons. The van der Waals surface area contributed by atoms with Crippen LogP contribution in [0.25, 0.3) is 5.32 Å². The Kier molecular flexibility index (Phi) is 2.24. The molecule has 0 spiro atoms. The molecule has 0 aromatic heterocycles. The van der Waals surface area contributed by atoms with Crippen LogP contribution in [0.5, 0.6) is 0 Å². The smallest absolute Gasteiger partial charge is 0.0542 e. The molecule has 3 heteroatoms. The zero-order chi connectivity index (χ0) is 5.98. The van der Waals surface area contributed by atoms with Gasteiger partial charge in [-0.25, -0.2) is 0 Å². The van der Waals surface area contributed by atoms with E-state index in [2.05, 4.69) is 5.32 Å². The molecule has 9 heavy (non-hydrogen) atoms. The van der Waals surface area contributed by atoms with Gasteiger partial charge in [0.1, 0.15) is 0 Å². The van der Waals surface area contributed by atoms with E-state index in [1.54, 1.807) is 0 Å². The fourth-order valence-electron chi connectivity index (χ4n) is 0.962. The largest absolute Gasteiger partial charge is 0.653 e. The van der Waals surface area contributed by atoms with Crippen LogP contribution in [0.1, 0.15) is 19.8 Å². The van der Waals surface area contributed by atoms with Crippen LogP contribution in [-0.4, -0.2) is 12.5 Å². The van der Waals surface area contributed by atoms with Crippen LogP contribution in [0, 0.1) is 5.92 Å². The van der Waals surface area contributed by atoms with Gasteiger partial charge in [-0.3, -0.25) is 0 Å². The van der Waals surface area contributed by atoms with E-state index in [-0.39, 0.29) is 11.8 Å². The molecule has 2 nitrogen and oxygen atoms in total. The number of hydrogen-bond donors (Lipinski definition) is 0. The van der Waals surface area contributed by atoms with Gasteiger partial charge in [0.15, 0.2) is 0 Å². The predicted molar refractivity (Wildman–Crippen MR) is 31.6 cm³/mol. The molecule has 1 amide bonds. The van der Waals surface area contributed by atoms with Gasteiger partial charge >= 0.3 is 0 Å².